The van der Waals surface area contributed by atoms with Crippen molar-refractivity contribution in [1.29, 1.82) is 0 Å². The minimum atomic E-state index is -0.385. The first-order chi connectivity index (χ1) is 12.1. The second-order valence-electron chi connectivity index (χ2n) is 5.96. The molecule has 4 rings (SSSR count). The van der Waals surface area contributed by atoms with Crippen molar-refractivity contribution in [2.45, 2.75) is 25.9 Å². The fourth-order valence-corrected chi connectivity index (χ4v) is 3.76. The van der Waals surface area contributed by atoms with E-state index in [1.807, 2.05) is 25.1 Å². The largest absolute Gasteiger partial charge is 0.482 e. The maximum atomic E-state index is 12.2. The molecule has 1 aromatic carbocycles. The first kappa shape index (κ1) is 16.0. The average Bonchev–Trinajstić information content (AvgIpc) is 3.24. The van der Waals surface area contributed by atoms with Gasteiger partial charge in [-0.25, -0.2) is 4.98 Å². The Morgan fingerprint density at radius 1 is 1.44 bits per heavy atom. The molecule has 8 heteroatoms. The number of hydrogen-bond acceptors (Lipinski definition) is 6. The number of nitrogens with one attached hydrogen (secondary N) is 2. The van der Waals surface area contributed by atoms with E-state index in [1.54, 1.807) is 0 Å². The Balaban J connectivity index is 1.57. The highest BCUT2D eigenvalue weighted by Crippen LogP contribution is 2.36. The molecule has 2 amide bonds. The minimum Gasteiger partial charge on any atom is -0.482 e. The van der Waals surface area contributed by atoms with E-state index in [1.165, 1.54) is 11.3 Å². The number of nitrogens with zero attached hydrogens (tertiary/aromatic N) is 1. The highest BCUT2D eigenvalue weighted by molar-refractivity contribution is 7.16. The first-order valence-corrected chi connectivity index (χ1v) is 8.89. The van der Waals surface area contributed by atoms with Crippen LogP contribution in [-0.2, 0) is 14.3 Å². The molecular formula is C17H17N3O4S. The van der Waals surface area contributed by atoms with Gasteiger partial charge in [0.1, 0.15) is 11.9 Å². The number of fused-ring (bicyclic) bond motifs is 1. The van der Waals surface area contributed by atoms with Gasteiger partial charge in [-0.15, -0.1) is 11.3 Å². The zero-order chi connectivity index (χ0) is 17.4. The van der Waals surface area contributed by atoms with Crippen LogP contribution >= 0.6 is 11.3 Å². The molecule has 2 aliphatic rings. The molecule has 1 atom stereocenters. The molecule has 0 saturated carbocycles. The van der Waals surface area contributed by atoms with Crippen LogP contribution in [0.4, 0.5) is 10.8 Å². The summed E-state index contributed by atoms with van der Waals surface area (Å²) in [5.74, 6) is 0.316. The number of hydrogen-bond donors (Lipinski definition) is 2. The van der Waals surface area contributed by atoms with Crippen molar-refractivity contribution >= 4 is 34.0 Å². The number of benzene rings is 1. The van der Waals surface area contributed by atoms with Crippen molar-refractivity contribution in [1.82, 2.24) is 4.98 Å². The molecule has 2 aliphatic heterocycles. The number of carbonyl (C=O) groups excluding carboxylic acids is 2. The van der Waals surface area contributed by atoms with Gasteiger partial charge in [-0.3, -0.25) is 14.9 Å². The summed E-state index contributed by atoms with van der Waals surface area (Å²) in [4.78, 5) is 29.2. The summed E-state index contributed by atoms with van der Waals surface area (Å²) in [5, 5.41) is 6.17. The summed E-state index contributed by atoms with van der Waals surface area (Å²) in [7, 11) is 0. The molecule has 0 radical (unpaired) electrons. The fourth-order valence-electron chi connectivity index (χ4n) is 2.92. The van der Waals surface area contributed by atoms with E-state index in [2.05, 4.69) is 15.6 Å². The van der Waals surface area contributed by atoms with Crippen LogP contribution < -0.4 is 15.4 Å². The molecule has 0 bridgehead atoms. The number of aromatic nitrogens is 1. The lowest BCUT2D eigenvalue weighted by molar-refractivity contribution is -0.124. The highest BCUT2D eigenvalue weighted by Gasteiger charge is 2.25. The minimum absolute atomic E-state index is 0.0293. The van der Waals surface area contributed by atoms with E-state index in [0.29, 0.717) is 23.2 Å². The van der Waals surface area contributed by atoms with Gasteiger partial charge >= 0.3 is 0 Å². The Morgan fingerprint density at radius 2 is 2.32 bits per heavy atom. The van der Waals surface area contributed by atoms with Gasteiger partial charge in [0, 0.05) is 17.0 Å². The van der Waals surface area contributed by atoms with E-state index >= 15 is 0 Å². The average molecular weight is 359 g/mol. The summed E-state index contributed by atoms with van der Waals surface area (Å²) >= 11 is 1.42. The van der Waals surface area contributed by atoms with Crippen molar-refractivity contribution in [3.8, 4) is 17.0 Å². The maximum absolute atomic E-state index is 12.2. The number of anilines is 2. The molecular weight excluding hydrogens is 342 g/mol. The van der Waals surface area contributed by atoms with Crippen LogP contribution in [0.25, 0.3) is 11.3 Å². The monoisotopic (exact) mass is 359 g/mol. The van der Waals surface area contributed by atoms with E-state index < -0.39 is 0 Å². The molecule has 2 N–H and O–H groups in total. The van der Waals surface area contributed by atoms with Crippen LogP contribution in [-0.4, -0.2) is 36.1 Å². The molecule has 1 fully saturated rings. The number of rotatable bonds is 3. The first-order valence-electron chi connectivity index (χ1n) is 8.07. The van der Waals surface area contributed by atoms with Crippen LogP contribution in [0.5, 0.6) is 5.75 Å². The summed E-state index contributed by atoms with van der Waals surface area (Å²) in [6, 6.07) is 5.54. The van der Waals surface area contributed by atoms with E-state index in [9.17, 15) is 9.59 Å². The highest BCUT2D eigenvalue weighted by atomic mass is 32.1. The van der Waals surface area contributed by atoms with Gasteiger partial charge in [-0.1, -0.05) is 0 Å². The molecule has 2 aromatic rings. The molecule has 7 nitrogen and oxygen atoms in total. The quantitative estimate of drug-likeness (QED) is 0.879. The van der Waals surface area contributed by atoms with Gasteiger partial charge in [-0.2, -0.15) is 0 Å². The predicted molar refractivity (Wildman–Crippen MR) is 94.0 cm³/mol. The third-order valence-corrected chi connectivity index (χ3v) is 5.02. The number of ether oxygens (including phenoxy) is 2. The van der Waals surface area contributed by atoms with Crippen LogP contribution in [0.1, 0.15) is 17.7 Å². The molecule has 3 heterocycles. The zero-order valence-electron chi connectivity index (χ0n) is 13.6. The third kappa shape index (κ3) is 3.22. The van der Waals surface area contributed by atoms with E-state index in [4.69, 9.17) is 9.47 Å². The summed E-state index contributed by atoms with van der Waals surface area (Å²) in [5.41, 5.74) is 2.26. The Morgan fingerprint density at radius 3 is 3.12 bits per heavy atom. The SMILES string of the molecule is Cc1sc(NC(=O)C2CCCO2)nc1-c1ccc2c(c1)NC(=O)CO2. The van der Waals surface area contributed by atoms with Crippen molar-refractivity contribution in [2.24, 2.45) is 0 Å². The lowest BCUT2D eigenvalue weighted by atomic mass is 10.1. The lowest BCUT2D eigenvalue weighted by Gasteiger charge is -2.18. The van der Waals surface area contributed by atoms with Gasteiger partial charge in [-0.05, 0) is 38.0 Å². The molecule has 25 heavy (non-hydrogen) atoms. The Bertz CT molecular complexity index is 842. The standard InChI is InChI=1S/C17H17N3O4S/c1-9-15(10-4-5-12-11(7-10)18-14(21)8-24-12)19-17(25-9)20-16(22)13-3-2-6-23-13/h4-5,7,13H,2-3,6,8H2,1H3,(H,18,21)(H,19,20,22). The lowest BCUT2D eigenvalue weighted by Crippen LogP contribution is -2.26. The van der Waals surface area contributed by atoms with Gasteiger partial charge in [0.15, 0.2) is 11.7 Å². The Kier molecular flexibility index (Phi) is 4.14. The molecule has 0 aliphatic carbocycles. The van der Waals surface area contributed by atoms with Gasteiger partial charge in [0.2, 0.25) is 0 Å². The van der Waals surface area contributed by atoms with E-state index in [0.717, 1.165) is 29.0 Å². The van der Waals surface area contributed by atoms with E-state index in [-0.39, 0.29) is 24.5 Å². The molecule has 1 aromatic heterocycles. The number of aryl methyl sites for hydroxylation is 1. The molecule has 130 valence electrons. The van der Waals surface area contributed by atoms with Crippen molar-refractivity contribution in [2.75, 3.05) is 23.8 Å². The van der Waals surface area contributed by atoms with Crippen LogP contribution in [0, 0.1) is 6.92 Å². The summed E-state index contributed by atoms with van der Waals surface area (Å²) in [6.45, 7) is 2.61. The van der Waals surface area contributed by atoms with Crippen LogP contribution in [0.15, 0.2) is 18.2 Å². The van der Waals surface area contributed by atoms with Crippen molar-refractivity contribution in [3.05, 3.63) is 23.1 Å². The van der Waals surface area contributed by atoms with Gasteiger partial charge < -0.3 is 14.8 Å². The number of amides is 2. The topological polar surface area (TPSA) is 89.5 Å². The van der Waals surface area contributed by atoms with Crippen molar-refractivity contribution < 1.29 is 19.1 Å². The Labute approximate surface area is 148 Å². The molecule has 1 unspecified atom stereocenters. The second kappa shape index (κ2) is 6.45. The normalized spacial score (nSPS) is 19.1. The number of thiazole rings is 1. The maximum Gasteiger partial charge on any atom is 0.262 e. The number of carbonyl (C=O) groups is 2. The fraction of sp³-hybridized carbons (Fsp3) is 0.353. The second-order valence-corrected chi connectivity index (χ2v) is 7.17. The Hall–Kier alpha value is -2.45. The molecule has 1 saturated heterocycles. The van der Waals surface area contributed by atoms with Gasteiger partial charge in [0.05, 0.1) is 11.4 Å². The predicted octanol–water partition coefficient (Wildman–Crippen LogP) is 2.57. The summed E-state index contributed by atoms with van der Waals surface area (Å²) in [6.07, 6.45) is 1.26. The van der Waals surface area contributed by atoms with Crippen LogP contribution in [0.3, 0.4) is 0 Å². The third-order valence-electron chi connectivity index (χ3n) is 4.13. The van der Waals surface area contributed by atoms with Gasteiger partial charge in [0.25, 0.3) is 11.8 Å². The smallest absolute Gasteiger partial charge is 0.262 e. The molecule has 0 spiro atoms. The summed E-state index contributed by atoms with van der Waals surface area (Å²) < 4.78 is 10.8. The van der Waals surface area contributed by atoms with Crippen molar-refractivity contribution in [3.63, 3.8) is 0 Å². The van der Waals surface area contributed by atoms with Crippen LogP contribution in [0.2, 0.25) is 0 Å². The zero-order valence-corrected chi connectivity index (χ0v) is 14.4.